The Morgan fingerprint density at radius 3 is 2.32 bits per heavy atom. The molecule has 1 saturated heterocycles. The lowest BCUT2D eigenvalue weighted by atomic mass is 9.98. The first kappa shape index (κ1) is 23.8. The van der Waals surface area contributed by atoms with Crippen molar-refractivity contribution in [3.63, 3.8) is 0 Å². The summed E-state index contributed by atoms with van der Waals surface area (Å²) in [5.41, 5.74) is 4.57. The van der Waals surface area contributed by atoms with Crippen molar-refractivity contribution in [1.82, 2.24) is 10.6 Å². The fraction of sp³-hybridized carbons (Fsp3) is 0.423. The summed E-state index contributed by atoms with van der Waals surface area (Å²) in [5, 5.41) is 14.8. The maximum atomic E-state index is 12.8. The van der Waals surface area contributed by atoms with Crippen molar-refractivity contribution in [3.05, 3.63) is 59.7 Å². The molecule has 180 valence electrons. The van der Waals surface area contributed by atoms with Gasteiger partial charge in [0.15, 0.2) is 0 Å². The zero-order valence-electron chi connectivity index (χ0n) is 19.2. The Labute approximate surface area is 198 Å². The molecule has 0 spiro atoms. The molecule has 2 aromatic carbocycles. The van der Waals surface area contributed by atoms with Gasteiger partial charge in [0.1, 0.15) is 12.5 Å². The number of carbonyl (C=O) groups excluding carboxylic acids is 2. The Balaban J connectivity index is 1.32. The molecule has 1 aliphatic heterocycles. The number of carbonyl (C=O) groups is 3. The van der Waals surface area contributed by atoms with Crippen LogP contribution in [-0.4, -0.2) is 55.5 Å². The van der Waals surface area contributed by atoms with Crippen LogP contribution in [0.5, 0.6) is 0 Å². The summed E-state index contributed by atoms with van der Waals surface area (Å²) in [6.45, 7) is 2.51. The van der Waals surface area contributed by atoms with E-state index in [1.54, 1.807) is 0 Å². The Morgan fingerprint density at radius 2 is 1.71 bits per heavy atom. The van der Waals surface area contributed by atoms with E-state index in [0.29, 0.717) is 6.42 Å². The molecule has 1 heterocycles. The maximum absolute atomic E-state index is 12.8. The average Bonchev–Trinajstić information content (AvgIpc) is 3.43. The van der Waals surface area contributed by atoms with Gasteiger partial charge in [0.2, 0.25) is 5.91 Å². The second kappa shape index (κ2) is 10.7. The topological polar surface area (TPSA) is 114 Å². The van der Waals surface area contributed by atoms with Crippen molar-refractivity contribution in [2.45, 2.75) is 31.7 Å². The van der Waals surface area contributed by atoms with Gasteiger partial charge < -0.3 is 25.2 Å². The largest absolute Gasteiger partial charge is 0.481 e. The van der Waals surface area contributed by atoms with Crippen LogP contribution in [0.2, 0.25) is 0 Å². The number of nitrogens with one attached hydrogen (secondary N) is 2. The minimum Gasteiger partial charge on any atom is -0.481 e. The highest BCUT2D eigenvalue weighted by molar-refractivity contribution is 5.81. The number of carboxylic acid groups (broad SMARTS) is 1. The van der Waals surface area contributed by atoms with Gasteiger partial charge >= 0.3 is 12.1 Å². The number of rotatable bonds is 9. The third-order valence-electron chi connectivity index (χ3n) is 6.57. The van der Waals surface area contributed by atoms with E-state index in [-0.39, 0.29) is 38.2 Å². The standard InChI is InChI=1S/C26H30N2O6/c1-2-7-16(24(29)28-23-15-33-13-22(23)25(30)31)12-27-26(32)34-14-21-19-10-5-3-8-17(19)18-9-4-6-11-20(18)21/h3-6,8-11,16,21-23H,2,7,12-15H2,1H3,(H,27,32)(H,28,29)(H,30,31). The average molecular weight is 467 g/mol. The molecule has 4 rings (SSSR count). The van der Waals surface area contributed by atoms with Gasteiger partial charge in [0, 0.05) is 12.5 Å². The Hall–Kier alpha value is -3.39. The summed E-state index contributed by atoms with van der Waals surface area (Å²) in [7, 11) is 0. The lowest BCUT2D eigenvalue weighted by Crippen LogP contribution is -2.47. The summed E-state index contributed by atoms with van der Waals surface area (Å²) in [6, 6.07) is 15.7. The zero-order chi connectivity index (χ0) is 24.1. The highest BCUT2D eigenvalue weighted by Gasteiger charge is 2.36. The van der Waals surface area contributed by atoms with E-state index in [4.69, 9.17) is 9.47 Å². The number of amides is 2. The first-order valence-electron chi connectivity index (χ1n) is 11.7. The van der Waals surface area contributed by atoms with E-state index < -0.39 is 29.9 Å². The molecule has 3 atom stereocenters. The highest BCUT2D eigenvalue weighted by atomic mass is 16.5. The molecule has 0 radical (unpaired) electrons. The summed E-state index contributed by atoms with van der Waals surface area (Å²) < 4.78 is 10.8. The molecule has 8 heteroatoms. The van der Waals surface area contributed by atoms with Crippen molar-refractivity contribution < 1.29 is 29.0 Å². The van der Waals surface area contributed by atoms with Gasteiger partial charge in [-0.3, -0.25) is 9.59 Å². The lowest BCUT2D eigenvalue weighted by molar-refractivity contribution is -0.142. The number of carboxylic acids is 1. The first-order valence-corrected chi connectivity index (χ1v) is 11.7. The molecule has 2 amide bonds. The van der Waals surface area contributed by atoms with E-state index >= 15 is 0 Å². The predicted molar refractivity (Wildman–Crippen MR) is 125 cm³/mol. The number of hydrogen-bond donors (Lipinski definition) is 3. The smallest absolute Gasteiger partial charge is 0.407 e. The summed E-state index contributed by atoms with van der Waals surface area (Å²) in [6.07, 6.45) is 0.720. The van der Waals surface area contributed by atoms with Crippen molar-refractivity contribution in [3.8, 4) is 11.1 Å². The number of alkyl carbamates (subject to hydrolysis) is 1. The molecule has 0 saturated carbocycles. The van der Waals surface area contributed by atoms with Gasteiger partial charge in [-0.2, -0.15) is 0 Å². The van der Waals surface area contributed by atoms with Crippen LogP contribution in [0.15, 0.2) is 48.5 Å². The van der Waals surface area contributed by atoms with Gasteiger partial charge in [0.25, 0.3) is 0 Å². The second-order valence-electron chi connectivity index (χ2n) is 8.79. The van der Waals surface area contributed by atoms with Crippen LogP contribution in [0.25, 0.3) is 11.1 Å². The van der Waals surface area contributed by atoms with E-state index in [0.717, 1.165) is 28.7 Å². The van der Waals surface area contributed by atoms with Crippen LogP contribution >= 0.6 is 0 Å². The summed E-state index contributed by atoms with van der Waals surface area (Å²) in [4.78, 5) is 36.6. The lowest BCUT2D eigenvalue weighted by Gasteiger charge is -2.21. The van der Waals surface area contributed by atoms with Gasteiger partial charge in [-0.05, 0) is 28.7 Å². The molecule has 34 heavy (non-hydrogen) atoms. The highest BCUT2D eigenvalue weighted by Crippen LogP contribution is 2.44. The Morgan fingerprint density at radius 1 is 1.06 bits per heavy atom. The molecule has 0 bridgehead atoms. The fourth-order valence-corrected chi connectivity index (χ4v) is 4.77. The molecular weight excluding hydrogens is 436 g/mol. The van der Waals surface area contributed by atoms with Crippen LogP contribution in [0.4, 0.5) is 4.79 Å². The first-order chi connectivity index (χ1) is 16.5. The van der Waals surface area contributed by atoms with Crippen molar-refractivity contribution in [2.24, 2.45) is 11.8 Å². The molecule has 2 aromatic rings. The zero-order valence-corrected chi connectivity index (χ0v) is 19.2. The summed E-state index contributed by atoms with van der Waals surface area (Å²) in [5.74, 6) is -2.57. The number of ether oxygens (including phenoxy) is 2. The molecule has 8 nitrogen and oxygen atoms in total. The fourth-order valence-electron chi connectivity index (χ4n) is 4.77. The van der Waals surface area contributed by atoms with Crippen molar-refractivity contribution in [1.29, 1.82) is 0 Å². The molecule has 3 unspecified atom stereocenters. The third kappa shape index (κ3) is 5.07. The van der Waals surface area contributed by atoms with Gasteiger partial charge in [-0.25, -0.2) is 4.79 Å². The minimum atomic E-state index is -0.994. The number of benzene rings is 2. The summed E-state index contributed by atoms with van der Waals surface area (Å²) >= 11 is 0. The van der Waals surface area contributed by atoms with Crippen LogP contribution in [0.3, 0.4) is 0 Å². The molecule has 1 fully saturated rings. The van der Waals surface area contributed by atoms with Crippen molar-refractivity contribution >= 4 is 18.0 Å². The molecular formula is C26H30N2O6. The number of fused-ring (bicyclic) bond motifs is 3. The predicted octanol–water partition coefficient (Wildman–Crippen LogP) is 3.16. The van der Waals surface area contributed by atoms with Crippen LogP contribution < -0.4 is 10.6 Å². The minimum absolute atomic E-state index is 0.0387. The Bertz CT molecular complexity index is 1010. The number of hydrogen-bond acceptors (Lipinski definition) is 5. The van der Waals surface area contributed by atoms with Gasteiger partial charge in [-0.1, -0.05) is 61.9 Å². The van der Waals surface area contributed by atoms with E-state index in [2.05, 4.69) is 34.9 Å². The molecule has 1 aliphatic carbocycles. The molecule has 2 aliphatic rings. The molecule has 0 aromatic heterocycles. The normalized spacial score (nSPS) is 19.7. The SMILES string of the molecule is CCCC(CNC(=O)OCC1c2ccccc2-c2ccccc21)C(=O)NC1COCC1C(=O)O. The monoisotopic (exact) mass is 466 g/mol. The van der Waals surface area contributed by atoms with E-state index in [9.17, 15) is 19.5 Å². The van der Waals surface area contributed by atoms with Gasteiger partial charge in [-0.15, -0.1) is 0 Å². The van der Waals surface area contributed by atoms with Crippen LogP contribution in [0, 0.1) is 11.8 Å². The van der Waals surface area contributed by atoms with E-state index in [1.165, 1.54) is 0 Å². The van der Waals surface area contributed by atoms with Crippen LogP contribution in [-0.2, 0) is 19.1 Å². The second-order valence-corrected chi connectivity index (χ2v) is 8.79. The quantitative estimate of drug-likeness (QED) is 0.523. The van der Waals surface area contributed by atoms with E-state index in [1.807, 2.05) is 31.2 Å². The Kier molecular flexibility index (Phi) is 7.47. The maximum Gasteiger partial charge on any atom is 0.407 e. The van der Waals surface area contributed by atoms with Crippen molar-refractivity contribution in [2.75, 3.05) is 26.4 Å². The molecule has 3 N–H and O–H groups in total. The van der Waals surface area contributed by atoms with Crippen LogP contribution in [0.1, 0.15) is 36.8 Å². The third-order valence-corrected chi connectivity index (χ3v) is 6.57. The van der Waals surface area contributed by atoms with Gasteiger partial charge in [0.05, 0.1) is 25.2 Å². The number of aliphatic carboxylic acids is 1.